The topological polar surface area (TPSA) is 125 Å². The lowest BCUT2D eigenvalue weighted by atomic mass is 9.77. The van der Waals surface area contributed by atoms with Gasteiger partial charge in [-0.1, -0.05) is 12.1 Å². The van der Waals surface area contributed by atoms with Gasteiger partial charge in [0.25, 0.3) is 0 Å². The lowest BCUT2D eigenvalue weighted by Crippen LogP contribution is -2.33. The van der Waals surface area contributed by atoms with Gasteiger partial charge in [-0.25, -0.2) is 9.48 Å². The Labute approximate surface area is 201 Å². The average molecular weight is 476 g/mol. The molecule has 2 N–H and O–H groups in total. The molecule has 3 aromatic rings. The summed E-state index contributed by atoms with van der Waals surface area (Å²) in [5.74, 6) is 0.927. The predicted octanol–water partition coefficient (Wildman–Crippen LogP) is 3.42. The van der Waals surface area contributed by atoms with Crippen molar-refractivity contribution in [1.82, 2.24) is 14.8 Å². The van der Waals surface area contributed by atoms with Crippen LogP contribution in [0.25, 0.3) is 0 Å². The number of aromatic nitrogens is 3. The van der Waals surface area contributed by atoms with E-state index in [4.69, 9.17) is 14.2 Å². The van der Waals surface area contributed by atoms with Gasteiger partial charge in [-0.15, -0.1) is 0 Å². The third kappa shape index (κ3) is 3.76. The lowest BCUT2D eigenvalue weighted by molar-refractivity contribution is -0.116. The Balaban J connectivity index is 1.56. The summed E-state index contributed by atoms with van der Waals surface area (Å²) in [5, 5.41) is 16.9. The zero-order valence-corrected chi connectivity index (χ0v) is 19.4. The van der Waals surface area contributed by atoms with Gasteiger partial charge >= 0.3 is 5.97 Å². The first kappa shape index (κ1) is 22.5. The number of carbonyl (C=O) groups excluding carboxylic acids is 1. The molecule has 0 bridgehead atoms. The molecule has 0 saturated heterocycles. The van der Waals surface area contributed by atoms with Crippen molar-refractivity contribution >= 4 is 17.7 Å². The summed E-state index contributed by atoms with van der Waals surface area (Å²) in [5.41, 5.74) is 3.21. The van der Waals surface area contributed by atoms with Gasteiger partial charge in [-0.3, -0.25) is 4.79 Å². The van der Waals surface area contributed by atoms with Gasteiger partial charge < -0.3 is 24.6 Å². The fourth-order valence-electron chi connectivity index (χ4n) is 4.84. The number of carboxylic acids is 1. The second-order valence-corrected chi connectivity index (χ2v) is 8.36. The molecule has 0 radical (unpaired) electrons. The summed E-state index contributed by atoms with van der Waals surface area (Å²) in [6.07, 6.45) is 2.28. The number of nitrogens with zero attached hydrogens (tertiary/aromatic N) is 3. The molecule has 1 aliphatic heterocycles. The van der Waals surface area contributed by atoms with Crippen molar-refractivity contribution in [3.05, 3.63) is 70.7 Å². The summed E-state index contributed by atoms with van der Waals surface area (Å²) < 4.78 is 18.1. The molecular formula is C25H24N4O6. The Morgan fingerprint density at radius 3 is 2.31 bits per heavy atom. The van der Waals surface area contributed by atoms with E-state index in [9.17, 15) is 14.7 Å². The van der Waals surface area contributed by atoms with Gasteiger partial charge in [-0.05, 0) is 47.7 Å². The number of ether oxygens (including phenoxy) is 3. The van der Waals surface area contributed by atoms with E-state index in [2.05, 4.69) is 15.4 Å². The number of benzene rings is 2. The first-order valence-corrected chi connectivity index (χ1v) is 11.0. The number of carboxylic acid groups (broad SMARTS) is 1. The molecular weight excluding hydrogens is 452 g/mol. The van der Waals surface area contributed by atoms with Crippen LogP contribution in [0.15, 0.2) is 54.0 Å². The largest absolute Gasteiger partial charge is 0.493 e. The molecule has 10 heteroatoms. The van der Waals surface area contributed by atoms with Crippen molar-refractivity contribution in [3.8, 4) is 17.2 Å². The molecule has 2 aliphatic rings. The smallest absolute Gasteiger partial charge is 0.335 e. The summed E-state index contributed by atoms with van der Waals surface area (Å²) in [7, 11) is 4.67. The van der Waals surface area contributed by atoms with Crippen molar-refractivity contribution in [1.29, 1.82) is 0 Å². The third-order valence-corrected chi connectivity index (χ3v) is 6.49. The molecule has 0 amide bonds. The van der Waals surface area contributed by atoms with Gasteiger partial charge in [0.05, 0.1) is 26.9 Å². The molecule has 0 unspecified atom stereocenters. The molecule has 10 nitrogen and oxygen atoms in total. The fraction of sp³-hybridized carbons (Fsp3) is 0.280. The molecule has 2 heterocycles. The Bertz CT molecular complexity index is 1320. The van der Waals surface area contributed by atoms with Crippen molar-refractivity contribution in [2.75, 3.05) is 26.6 Å². The maximum atomic E-state index is 13.6. The van der Waals surface area contributed by atoms with E-state index in [1.54, 1.807) is 38.1 Å². The number of Topliss-reactive ketones (excluding diaryl/α,β-unsaturated/α-hetero) is 1. The number of hydrogen-bond donors (Lipinski definition) is 2. The van der Waals surface area contributed by atoms with Crippen LogP contribution in [-0.2, 0) is 4.79 Å². The summed E-state index contributed by atoms with van der Waals surface area (Å²) in [4.78, 5) is 29.2. The Kier molecular flexibility index (Phi) is 5.64. The molecule has 2 aromatic carbocycles. The van der Waals surface area contributed by atoms with Crippen LogP contribution in [0.4, 0.5) is 5.95 Å². The normalized spacial score (nSPS) is 18.9. The zero-order valence-electron chi connectivity index (χ0n) is 19.4. The number of aromatic carboxylic acids is 1. The third-order valence-electron chi connectivity index (χ3n) is 6.49. The minimum absolute atomic E-state index is 0.0223. The second kappa shape index (κ2) is 8.79. The van der Waals surface area contributed by atoms with Gasteiger partial charge in [0.15, 0.2) is 17.3 Å². The van der Waals surface area contributed by atoms with Gasteiger partial charge in [0.1, 0.15) is 12.4 Å². The zero-order chi connectivity index (χ0) is 24.7. The second-order valence-electron chi connectivity index (χ2n) is 8.36. The lowest BCUT2D eigenvalue weighted by Gasteiger charge is -2.35. The number of hydrogen-bond acceptors (Lipinski definition) is 8. The van der Waals surface area contributed by atoms with E-state index >= 15 is 0 Å². The van der Waals surface area contributed by atoms with E-state index in [0.717, 1.165) is 16.8 Å². The quantitative estimate of drug-likeness (QED) is 0.550. The Hall–Kier alpha value is -4.34. The van der Waals surface area contributed by atoms with E-state index in [1.165, 1.54) is 18.5 Å². The van der Waals surface area contributed by atoms with Crippen LogP contribution in [0.1, 0.15) is 46.3 Å². The van der Waals surface area contributed by atoms with E-state index < -0.39 is 12.0 Å². The molecule has 0 fully saturated rings. The first-order chi connectivity index (χ1) is 16.9. The van der Waals surface area contributed by atoms with Crippen LogP contribution in [0, 0.1) is 0 Å². The van der Waals surface area contributed by atoms with Gasteiger partial charge in [0, 0.05) is 17.7 Å². The van der Waals surface area contributed by atoms with E-state index in [-0.39, 0.29) is 23.7 Å². The number of anilines is 1. The van der Waals surface area contributed by atoms with Crippen LogP contribution in [0.2, 0.25) is 0 Å². The number of nitrogens with one attached hydrogen (secondary N) is 1. The highest BCUT2D eigenvalue weighted by Crippen LogP contribution is 2.47. The first-order valence-electron chi connectivity index (χ1n) is 11.0. The number of carbonyl (C=O) groups is 2. The van der Waals surface area contributed by atoms with E-state index in [0.29, 0.717) is 35.2 Å². The van der Waals surface area contributed by atoms with Crippen molar-refractivity contribution < 1.29 is 28.9 Å². The average Bonchev–Trinajstić information content (AvgIpc) is 3.34. The minimum Gasteiger partial charge on any atom is -0.493 e. The van der Waals surface area contributed by atoms with Crippen LogP contribution in [0.5, 0.6) is 17.2 Å². The van der Waals surface area contributed by atoms with Crippen molar-refractivity contribution in [2.24, 2.45) is 0 Å². The highest BCUT2D eigenvalue weighted by molar-refractivity contribution is 6.00. The molecule has 35 heavy (non-hydrogen) atoms. The van der Waals surface area contributed by atoms with E-state index in [1.807, 2.05) is 12.1 Å². The molecule has 1 aromatic heterocycles. The Morgan fingerprint density at radius 2 is 1.71 bits per heavy atom. The van der Waals surface area contributed by atoms with Crippen LogP contribution in [-0.4, -0.2) is 53.0 Å². The molecule has 2 atom stereocenters. The monoisotopic (exact) mass is 476 g/mol. The van der Waals surface area contributed by atoms with Crippen LogP contribution >= 0.6 is 0 Å². The number of fused-ring (bicyclic) bond motifs is 1. The van der Waals surface area contributed by atoms with Crippen LogP contribution < -0.4 is 19.5 Å². The molecule has 1 aliphatic carbocycles. The summed E-state index contributed by atoms with van der Waals surface area (Å²) >= 11 is 0. The fourth-order valence-corrected chi connectivity index (χ4v) is 4.84. The maximum Gasteiger partial charge on any atom is 0.335 e. The summed E-state index contributed by atoms with van der Waals surface area (Å²) in [6.45, 7) is 0. The van der Waals surface area contributed by atoms with Gasteiger partial charge in [-0.2, -0.15) is 10.1 Å². The predicted molar refractivity (Wildman–Crippen MR) is 125 cm³/mol. The highest BCUT2D eigenvalue weighted by Gasteiger charge is 2.39. The van der Waals surface area contributed by atoms with Crippen molar-refractivity contribution in [3.63, 3.8) is 0 Å². The molecule has 0 spiro atoms. The number of rotatable bonds is 6. The number of ketones is 1. The SMILES string of the molecule is COc1cc([C@H]2CC(=O)C3=C(C2)Nc2ncnn2[C@@H]3c2ccc(C(=O)O)cc2)cc(OC)c1OC. The Morgan fingerprint density at radius 1 is 1.03 bits per heavy atom. The van der Waals surface area contributed by atoms with Gasteiger partial charge in [0.2, 0.25) is 11.7 Å². The standard InChI is InChI=1S/C25H24N4O6/c1-33-19-10-16(11-20(34-2)23(19)35-3)15-8-17-21(18(30)9-15)22(29-25(28-17)26-12-27-29)13-4-6-14(7-5-13)24(31)32/h4-7,10-12,15,22H,8-9H2,1-3H3,(H,31,32)(H,26,27,28)/t15-,22-/m1/s1. The molecule has 180 valence electrons. The maximum absolute atomic E-state index is 13.6. The minimum atomic E-state index is -1.01. The highest BCUT2D eigenvalue weighted by atomic mass is 16.5. The summed E-state index contributed by atoms with van der Waals surface area (Å²) in [6, 6.07) is 9.74. The number of allylic oxidation sites excluding steroid dienone is 2. The molecule has 5 rings (SSSR count). The molecule has 0 saturated carbocycles. The van der Waals surface area contributed by atoms with Crippen molar-refractivity contribution in [2.45, 2.75) is 24.8 Å². The van der Waals surface area contributed by atoms with Crippen LogP contribution in [0.3, 0.4) is 0 Å². The number of methoxy groups -OCH3 is 3.